The van der Waals surface area contributed by atoms with Gasteiger partial charge in [-0.05, 0) is 32.1 Å². The highest BCUT2D eigenvalue weighted by Crippen LogP contribution is 2.37. The number of hydrogen-bond acceptors (Lipinski definition) is 2. The second-order valence-electron chi connectivity index (χ2n) is 4.35. The Hall–Kier alpha value is -0.790. The van der Waals surface area contributed by atoms with E-state index in [1.54, 1.807) is 0 Å². The second-order valence-corrected chi connectivity index (χ2v) is 4.35. The van der Waals surface area contributed by atoms with Crippen LogP contribution >= 0.6 is 0 Å². The van der Waals surface area contributed by atoms with Crippen molar-refractivity contribution in [2.45, 2.75) is 58.5 Å². The maximum Gasteiger partial charge on any atom is 0.303 e. The van der Waals surface area contributed by atoms with E-state index in [-0.39, 0.29) is 11.6 Å². The topological polar surface area (TPSA) is 26.3 Å². The van der Waals surface area contributed by atoms with Crippen molar-refractivity contribution in [2.24, 2.45) is 5.92 Å². The van der Waals surface area contributed by atoms with Gasteiger partial charge in [0, 0.05) is 12.8 Å². The van der Waals surface area contributed by atoms with Crippen LogP contribution < -0.4 is 0 Å². The molecule has 0 amide bonds. The molecule has 0 saturated heterocycles. The van der Waals surface area contributed by atoms with E-state index in [2.05, 4.69) is 26.0 Å². The van der Waals surface area contributed by atoms with Crippen LogP contribution in [-0.4, -0.2) is 11.6 Å². The second kappa shape index (κ2) is 5.34. The average Bonchev–Trinajstić information content (AvgIpc) is 2.27. The normalized spacial score (nSPS) is 21.4. The molecule has 2 heteroatoms. The first-order valence-electron chi connectivity index (χ1n) is 5.99. The average molecular weight is 210 g/mol. The number of ether oxygens (including phenoxy) is 1. The Labute approximate surface area is 92.7 Å². The molecule has 0 aromatic rings. The molecule has 15 heavy (non-hydrogen) atoms. The van der Waals surface area contributed by atoms with Gasteiger partial charge in [-0.1, -0.05) is 26.0 Å². The predicted molar refractivity (Wildman–Crippen MR) is 61.6 cm³/mol. The number of carbonyl (C=O) groups excluding carboxylic acids is 1. The molecule has 0 bridgehead atoms. The fraction of sp³-hybridized carbons (Fsp3) is 0.769. The number of allylic oxidation sites excluding steroid dienone is 2. The summed E-state index contributed by atoms with van der Waals surface area (Å²) < 4.78 is 5.60. The van der Waals surface area contributed by atoms with Crippen LogP contribution in [0.4, 0.5) is 0 Å². The van der Waals surface area contributed by atoms with E-state index in [1.807, 2.05) is 0 Å². The van der Waals surface area contributed by atoms with E-state index >= 15 is 0 Å². The highest BCUT2D eigenvalue weighted by atomic mass is 16.6. The van der Waals surface area contributed by atoms with Gasteiger partial charge in [-0.15, -0.1) is 0 Å². The summed E-state index contributed by atoms with van der Waals surface area (Å²) in [7, 11) is 0. The van der Waals surface area contributed by atoms with Gasteiger partial charge in [0.1, 0.15) is 5.60 Å². The lowest BCUT2D eigenvalue weighted by Crippen LogP contribution is -2.41. The molecular formula is C13H22O2. The van der Waals surface area contributed by atoms with Crippen molar-refractivity contribution in [1.29, 1.82) is 0 Å². The van der Waals surface area contributed by atoms with Crippen molar-refractivity contribution in [3.05, 3.63) is 12.2 Å². The highest BCUT2D eigenvalue weighted by molar-refractivity contribution is 5.66. The van der Waals surface area contributed by atoms with Gasteiger partial charge in [0.05, 0.1) is 0 Å². The van der Waals surface area contributed by atoms with Crippen molar-refractivity contribution in [3.8, 4) is 0 Å². The minimum Gasteiger partial charge on any atom is -0.459 e. The molecule has 0 aliphatic heterocycles. The number of esters is 1. The Kier molecular flexibility index (Phi) is 4.37. The van der Waals surface area contributed by atoms with Crippen LogP contribution in [0.2, 0.25) is 0 Å². The maximum atomic E-state index is 11.2. The highest BCUT2D eigenvalue weighted by Gasteiger charge is 2.38. The van der Waals surface area contributed by atoms with Crippen LogP contribution in [0.3, 0.4) is 0 Å². The fourth-order valence-electron chi connectivity index (χ4n) is 2.61. The zero-order valence-electron chi connectivity index (χ0n) is 10.1. The third kappa shape index (κ3) is 2.83. The Balaban J connectivity index is 2.78. The molecule has 86 valence electrons. The van der Waals surface area contributed by atoms with Crippen LogP contribution in [0.25, 0.3) is 0 Å². The molecule has 1 unspecified atom stereocenters. The number of rotatable bonds is 4. The molecule has 0 heterocycles. The van der Waals surface area contributed by atoms with Gasteiger partial charge in [-0.25, -0.2) is 0 Å². The quantitative estimate of drug-likeness (QED) is 0.524. The summed E-state index contributed by atoms with van der Waals surface area (Å²) in [6.45, 7) is 5.74. The summed E-state index contributed by atoms with van der Waals surface area (Å²) in [5, 5.41) is 0. The lowest BCUT2D eigenvalue weighted by Gasteiger charge is -2.39. The molecule has 0 saturated carbocycles. The first-order valence-corrected chi connectivity index (χ1v) is 5.99. The smallest absolute Gasteiger partial charge is 0.303 e. The van der Waals surface area contributed by atoms with Crippen LogP contribution in [-0.2, 0) is 9.53 Å². The Morgan fingerprint density at radius 2 is 2.07 bits per heavy atom. The lowest BCUT2D eigenvalue weighted by molar-refractivity contribution is -0.165. The van der Waals surface area contributed by atoms with E-state index in [1.165, 1.54) is 6.92 Å². The number of carbonyl (C=O) groups is 1. The van der Waals surface area contributed by atoms with Crippen LogP contribution in [0, 0.1) is 5.92 Å². The molecular weight excluding hydrogens is 188 g/mol. The van der Waals surface area contributed by atoms with Gasteiger partial charge in [0.15, 0.2) is 0 Å². The Morgan fingerprint density at radius 1 is 1.40 bits per heavy atom. The molecule has 0 fully saturated rings. The zero-order valence-corrected chi connectivity index (χ0v) is 10.1. The summed E-state index contributed by atoms with van der Waals surface area (Å²) >= 11 is 0. The van der Waals surface area contributed by atoms with Gasteiger partial charge < -0.3 is 4.74 Å². The molecule has 1 rings (SSSR count). The standard InChI is InChI=1S/C13H22O2/c1-4-13(5-2,15-11(3)14)12-9-7-6-8-10-12/h6-7,12H,4-5,8-10H2,1-3H3. The molecule has 1 aliphatic rings. The van der Waals surface area contributed by atoms with Crippen molar-refractivity contribution < 1.29 is 9.53 Å². The van der Waals surface area contributed by atoms with Crippen molar-refractivity contribution in [1.82, 2.24) is 0 Å². The summed E-state index contributed by atoms with van der Waals surface area (Å²) in [6.07, 6.45) is 9.59. The van der Waals surface area contributed by atoms with E-state index in [0.717, 1.165) is 32.1 Å². The van der Waals surface area contributed by atoms with Gasteiger partial charge in [-0.2, -0.15) is 0 Å². The van der Waals surface area contributed by atoms with E-state index in [9.17, 15) is 4.79 Å². The summed E-state index contributed by atoms with van der Waals surface area (Å²) in [6, 6.07) is 0. The van der Waals surface area contributed by atoms with E-state index in [0.29, 0.717) is 5.92 Å². The first-order chi connectivity index (χ1) is 7.14. The van der Waals surface area contributed by atoms with Crippen LogP contribution in [0.5, 0.6) is 0 Å². The molecule has 2 nitrogen and oxygen atoms in total. The third-order valence-electron chi connectivity index (χ3n) is 3.56. The minimum absolute atomic E-state index is 0.145. The van der Waals surface area contributed by atoms with E-state index < -0.39 is 0 Å². The maximum absolute atomic E-state index is 11.2. The molecule has 0 aromatic heterocycles. The molecule has 0 spiro atoms. The SMILES string of the molecule is CCC(CC)(OC(C)=O)C1CC=CCC1. The molecule has 0 N–H and O–H groups in total. The van der Waals surface area contributed by atoms with Crippen molar-refractivity contribution in [2.75, 3.05) is 0 Å². The molecule has 1 atom stereocenters. The van der Waals surface area contributed by atoms with Crippen molar-refractivity contribution in [3.63, 3.8) is 0 Å². The van der Waals surface area contributed by atoms with Gasteiger partial charge >= 0.3 is 5.97 Å². The molecule has 0 aromatic carbocycles. The summed E-state index contributed by atoms with van der Waals surface area (Å²) in [4.78, 5) is 11.2. The molecule has 1 aliphatic carbocycles. The van der Waals surface area contributed by atoms with Crippen molar-refractivity contribution >= 4 is 5.97 Å². The fourth-order valence-corrected chi connectivity index (χ4v) is 2.61. The van der Waals surface area contributed by atoms with Gasteiger partial charge in [-0.3, -0.25) is 4.79 Å². The first kappa shape index (κ1) is 12.3. The Bertz CT molecular complexity index is 239. The van der Waals surface area contributed by atoms with Crippen LogP contribution in [0.15, 0.2) is 12.2 Å². The summed E-state index contributed by atoms with van der Waals surface area (Å²) in [5.41, 5.74) is -0.226. The Morgan fingerprint density at radius 3 is 2.47 bits per heavy atom. The van der Waals surface area contributed by atoms with Crippen LogP contribution in [0.1, 0.15) is 52.9 Å². The monoisotopic (exact) mass is 210 g/mol. The largest absolute Gasteiger partial charge is 0.459 e. The van der Waals surface area contributed by atoms with Gasteiger partial charge in [0.25, 0.3) is 0 Å². The minimum atomic E-state index is -0.226. The zero-order chi connectivity index (χ0) is 11.3. The molecule has 0 radical (unpaired) electrons. The third-order valence-corrected chi connectivity index (χ3v) is 3.56. The lowest BCUT2D eigenvalue weighted by atomic mass is 9.76. The summed E-state index contributed by atoms with van der Waals surface area (Å²) in [5.74, 6) is 0.356. The number of hydrogen-bond donors (Lipinski definition) is 0. The predicted octanol–water partition coefficient (Wildman–Crippen LogP) is 3.46. The van der Waals surface area contributed by atoms with Gasteiger partial charge in [0.2, 0.25) is 0 Å². The van der Waals surface area contributed by atoms with E-state index in [4.69, 9.17) is 4.74 Å².